The lowest BCUT2D eigenvalue weighted by molar-refractivity contribution is -0.141. The first-order chi connectivity index (χ1) is 10.1. The van der Waals surface area contributed by atoms with E-state index in [1.54, 1.807) is 12.1 Å². The van der Waals surface area contributed by atoms with Crippen LogP contribution in [0.15, 0.2) is 28.8 Å². The number of rotatable bonds is 4. The van der Waals surface area contributed by atoms with Crippen molar-refractivity contribution in [2.24, 2.45) is 5.92 Å². The normalized spacial score (nSPS) is 19.0. The molecule has 0 unspecified atom stereocenters. The Bertz CT molecular complexity index is 658. The van der Waals surface area contributed by atoms with E-state index in [0.717, 1.165) is 12.1 Å². The highest BCUT2D eigenvalue weighted by molar-refractivity contribution is 6.30. The standard InChI is InChI=1S/C14H14ClN3O3/c15-11-3-1-2-9(6-11)13-16-12(21-17-13)8-18-5-4-10(7-18)14(19)20/h1-3,6,10H,4-5,7-8H2,(H,19,20)/t10-/m0/s1. The lowest BCUT2D eigenvalue weighted by atomic mass is 10.1. The minimum absolute atomic E-state index is 0.305. The second kappa shape index (κ2) is 5.83. The minimum Gasteiger partial charge on any atom is -0.481 e. The van der Waals surface area contributed by atoms with Crippen LogP contribution in [-0.4, -0.2) is 39.2 Å². The summed E-state index contributed by atoms with van der Waals surface area (Å²) in [6.07, 6.45) is 0.657. The van der Waals surface area contributed by atoms with Gasteiger partial charge in [-0.3, -0.25) is 9.69 Å². The van der Waals surface area contributed by atoms with Crippen molar-refractivity contribution in [3.8, 4) is 11.4 Å². The van der Waals surface area contributed by atoms with Crippen LogP contribution >= 0.6 is 11.6 Å². The smallest absolute Gasteiger partial charge is 0.307 e. The molecule has 1 atom stereocenters. The van der Waals surface area contributed by atoms with Crippen molar-refractivity contribution in [2.75, 3.05) is 13.1 Å². The zero-order chi connectivity index (χ0) is 14.8. The first-order valence-electron chi connectivity index (χ1n) is 6.65. The molecule has 1 aromatic heterocycles. The fourth-order valence-corrected chi connectivity index (χ4v) is 2.62. The summed E-state index contributed by atoms with van der Waals surface area (Å²) in [5.41, 5.74) is 0.794. The average Bonchev–Trinajstić information content (AvgIpc) is 3.08. The van der Waals surface area contributed by atoms with Crippen LogP contribution in [0.3, 0.4) is 0 Å². The molecule has 7 heteroatoms. The van der Waals surface area contributed by atoms with E-state index in [1.807, 2.05) is 17.0 Å². The molecule has 1 aliphatic rings. The van der Waals surface area contributed by atoms with Crippen molar-refractivity contribution in [3.05, 3.63) is 35.2 Å². The first kappa shape index (κ1) is 14.0. The van der Waals surface area contributed by atoms with Crippen molar-refractivity contribution in [2.45, 2.75) is 13.0 Å². The van der Waals surface area contributed by atoms with Gasteiger partial charge >= 0.3 is 5.97 Å². The van der Waals surface area contributed by atoms with E-state index < -0.39 is 5.97 Å². The number of halogens is 1. The quantitative estimate of drug-likeness (QED) is 0.933. The number of nitrogens with zero attached hydrogens (tertiary/aromatic N) is 3. The van der Waals surface area contributed by atoms with E-state index in [4.69, 9.17) is 21.2 Å². The lowest BCUT2D eigenvalue weighted by Crippen LogP contribution is -2.22. The maximum absolute atomic E-state index is 10.9. The number of aliphatic carboxylic acids is 1. The van der Waals surface area contributed by atoms with Gasteiger partial charge < -0.3 is 9.63 Å². The van der Waals surface area contributed by atoms with Gasteiger partial charge in [-0.15, -0.1) is 0 Å². The maximum atomic E-state index is 10.9. The van der Waals surface area contributed by atoms with Crippen LogP contribution in [0.2, 0.25) is 5.02 Å². The number of benzene rings is 1. The molecule has 1 N–H and O–H groups in total. The van der Waals surface area contributed by atoms with Crippen molar-refractivity contribution >= 4 is 17.6 Å². The molecule has 6 nitrogen and oxygen atoms in total. The van der Waals surface area contributed by atoms with Crippen LogP contribution in [0.25, 0.3) is 11.4 Å². The van der Waals surface area contributed by atoms with Crippen LogP contribution in [-0.2, 0) is 11.3 Å². The Balaban J connectivity index is 1.67. The lowest BCUT2D eigenvalue weighted by Gasteiger charge is -2.11. The predicted molar refractivity (Wildman–Crippen MR) is 75.8 cm³/mol. The SMILES string of the molecule is O=C(O)[C@H]1CCN(Cc2nc(-c3cccc(Cl)c3)no2)C1. The van der Waals surface area contributed by atoms with Gasteiger partial charge in [0, 0.05) is 17.1 Å². The van der Waals surface area contributed by atoms with Crippen LogP contribution in [0.4, 0.5) is 0 Å². The van der Waals surface area contributed by atoms with Gasteiger partial charge in [0.05, 0.1) is 12.5 Å². The molecule has 2 aromatic rings. The van der Waals surface area contributed by atoms with Crippen LogP contribution in [0.5, 0.6) is 0 Å². The molecule has 0 spiro atoms. The monoisotopic (exact) mass is 307 g/mol. The molecule has 0 radical (unpaired) electrons. The van der Waals surface area contributed by atoms with Gasteiger partial charge in [-0.05, 0) is 25.1 Å². The van der Waals surface area contributed by atoms with Gasteiger partial charge in [0.2, 0.25) is 11.7 Å². The number of likely N-dealkylation sites (tertiary alicyclic amines) is 1. The van der Waals surface area contributed by atoms with E-state index in [9.17, 15) is 4.79 Å². The third kappa shape index (κ3) is 3.22. The van der Waals surface area contributed by atoms with E-state index in [-0.39, 0.29) is 5.92 Å². The fraction of sp³-hybridized carbons (Fsp3) is 0.357. The third-order valence-electron chi connectivity index (χ3n) is 3.53. The average molecular weight is 308 g/mol. The van der Waals surface area contributed by atoms with Gasteiger partial charge in [-0.25, -0.2) is 0 Å². The largest absolute Gasteiger partial charge is 0.481 e. The summed E-state index contributed by atoms with van der Waals surface area (Å²) in [5, 5.41) is 13.5. The maximum Gasteiger partial charge on any atom is 0.307 e. The Hall–Kier alpha value is -1.92. The van der Waals surface area contributed by atoms with Gasteiger partial charge in [0.15, 0.2) is 0 Å². The molecule has 1 saturated heterocycles. The number of carboxylic acids is 1. The molecule has 1 aliphatic heterocycles. The van der Waals surface area contributed by atoms with Gasteiger partial charge in [0.25, 0.3) is 0 Å². The number of aromatic nitrogens is 2. The van der Waals surface area contributed by atoms with E-state index in [2.05, 4.69) is 10.1 Å². The number of hydrogen-bond donors (Lipinski definition) is 1. The molecule has 1 fully saturated rings. The second-order valence-corrected chi connectivity index (χ2v) is 5.52. The summed E-state index contributed by atoms with van der Waals surface area (Å²) in [6.45, 7) is 1.72. The van der Waals surface area contributed by atoms with Crippen LogP contribution < -0.4 is 0 Å². The van der Waals surface area contributed by atoms with Crippen molar-refractivity contribution in [1.82, 2.24) is 15.0 Å². The van der Waals surface area contributed by atoms with E-state index >= 15 is 0 Å². The van der Waals surface area contributed by atoms with Crippen molar-refractivity contribution in [3.63, 3.8) is 0 Å². The second-order valence-electron chi connectivity index (χ2n) is 5.08. The van der Waals surface area contributed by atoms with Crippen LogP contribution in [0, 0.1) is 5.92 Å². The summed E-state index contributed by atoms with van der Waals surface area (Å²) in [4.78, 5) is 17.3. The minimum atomic E-state index is -0.748. The van der Waals surface area contributed by atoms with Gasteiger partial charge in [0.1, 0.15) is 0 Å². The Kier molecular flexibility index (Phi) is 3.90. The highest BCUT2D eigenvalue weighted by Crippen LogP contribution is 2.22. The summed E-state index contributed by atoms with van der Waals surface area (Å²) < 4.78 is 5.22. The summed E-state index contributed by atoms with van der Waals surface area (Å²) in [5.74, 6) is -0.0829. The summed E-state index contributed by atoms with van der Waals surface area (Å²) in [6, 6.07) is 7.23. The van der Waals surface area contributed by atoms with Gasteiger partial charge in [-0.2, -0.15) is 4.98 Å². The highest BCUT2D eigenvalue weighted by atomic mass is 35.5. The highest BCUT2D eigenvalue weighted by Gasteiger charge is 2.28. The van der Waals surface area contributed by atoms with E-state index in [0.29, 0.717) is 36.2 Å². The molecular formula is C14H14ClN3O3. The molecule has 0 bridgehead atoms. The fourth-order valence-electron chi connectivity index (χ4n) is 2.43. The molecule has 2 heterocycles. The van der Waals surface area contributed by atoms with Gasteiger partial charge in [-0.1, -0.05) is 28.9 Å². The molecule has 21 heavy (non-hydrogen) atoms. The number of hydrogen-bond acceptors (Lipinski definition) is 5. The summed E-state index contributed by atoms with van der Waals surface area (Å²) in [7, 11) is 0. The number of carboxylic acid groups (broad SMARTS) is 1. The van der Waals surface area contributed by atoms with Crippen molar-refractivity contribution in [1.29, 1.82) is 0 Å². The number of carbonyl (C=O) groups is 1. The molecule has 0 saturated carbocycles. The zero-order valence-electron chi connectivity index (χ0n) is 11.2. The predicted octanol–water partition coefficient (Wildman–Crippen LogP) is 2.30. The Morgan fingerprint density at radius 2 is 2.38 bits per heavy atom. The molecule has 1 aromatic carbocycles. The molecule has 110 valence electrons. The summed E-state index contributed by atoms with van der Waals surface area (Å²) >= 11 is 5.93. The molecule has 0 aliphatic carbocycles. The molecular weight excluding hydrogens is 294 g/mol. The molecule has 0 amide bonds. The molecule has 3 rings (SSSR count). The zero-order valence-corrected chi connectivity index (χ0v) is 12.0. The third-order valence-corrected chi connectivity index (χ3v) is 3.77. The Morgan fingerprint density at radius 1 is 1.52 bits per heavy atom. The Morgan fingerprint density at radius 3 is 3.10 bits per heavy atom. The van der Waals surface area contributed by atoms with E-state index in [1.165, 1.54) is 0 Å². The Labute approximate surface area is 126 Å². The van der Waals surface area contributed by atoms with Crippen LogP contribution in [0.1, 0.15) is 12.3 Å². The first-order valence-corrected chi connectivity index (χ1v) is 7.03. The van der Waals surface area contributed by atoms with Crippen molar-refractivity contribution < 1.29 is 14.4 Å². The topological polar surface area (TPSA) is 79.5 Å².